The van der Waals surface area contributed by atoms with E-state index >= 15 is 0 Å². The maximum absolute atomic E-state index is 9.08. The van der Waals surface area contributed by atoms with Gasteiger partial charge in [0.15, 0.2) is 0 Å². The minimum atomic E-state index is 0.338. The van der Waals surface area contributed by atoms with Crippen molar-refractivity contribution in [2.45, 2.75) is 32.7 Å². The predicted molar refractivity (Wildman–Crippen MR) is 83.7 cm³/mol. The Bertz CT molecular complexity index is 611. The van der Waals surface area contributed by atoms with E-state index in [0.29, 0.717) is 11.6 Å². The lowest BCUT2D eigenvalue weighted by molar-refractivity contribution is 0.706. The molecule has 0 fully saturated rings. The average Bonchev–Trinajstić information content (AvgIpc) is 2.46. The molecule has 0 saturated heterocycles. The van der Waals surface area contributed by atoms with Crippen molar-refractivity contribution in [1.29, 1.82) is 5.26 Å². The van der Waals surface area contributed by atoms with Crippen LogP contribution >= 0.6 is 0 Å². The molecule has 0 radical (unpaired) electrons. The Morgan fingerprint density at radius 3 is 2.70 bits per heavy atom. The molecule has 0 heterocycles. The number of nitrogens with one attached hydrogen (secondary N) is 1. The molecule has 0 amide bonds. The van der Waals surface area contributed by atoms with E-state index in [4.69, 9.17) is 5.26 Å². The van der Waals surface area contributed by atoms with E-state index in [-0.39, 0.29) is 0 Å². The summed E-state index contributed by atoms with van der Waals surface area (Å²) in [4.78, 5) is 0. The summed E-state index contributed by atoms with van der Waals surface area (Å²) in [6.45, 7) is 4.28. The zero-order chi connectivity index (χ0) is 14.4. The molecular formula is C18H20N2. The molecule has 2 aromatic carbocycles. The van der Waals surface area contributed by atoms with E-state index in [0.717, 1.165) is 18.5 Å². The van der Waals surface area contributed by atoms with Crippen LogP contribution in [0.15, 0.2) is 48.5 Å². The molecule has 0 aromatic heterocycles. The van der Waals surface area contributed by atoms with Crippen LogP contribution < -0.4 is 5.32 Å². The van der Waals surface area contributed by atoms with E-state index in [1.165, 1.54) is 11.1 Å². The monoisotopic (exact) mass is 264 g/mol. The van der Waals surface area contributed by atoms with Crippen LogP contribution in [0.25, 0.3) is 0 Å². The lowest BCUT2D eigenvalue weighted by Gasteiger charge is -2.16. The first-order valence-electron chi connectivity index (χ1n) is 7.00. The van der Waals surface area contributed by atoms with Crippen LogP contribution in [0.1, 0.15) is 30.0 Å². The summed E-state index contributed by atoms with van der Waals surface area (Å²) in [7, 11) is 0. The van der Waals surface area contributed by atoms with Gasteiger partial charge >= 0.3 is 0 Å². The molecule has 0 spiro atoms. The third kappa shape index (κ3) is 3.86. The van der Waals surface area contributed by atoms with Crippen molar-refractivity contribution in [1.82, 2.24) is 0 Å². The van der Waals surface area contributed by atoms with Gasteiger partial charge in [-0.3, -0.25) is 0 Å². The van der Waals surface area contributed by atoms with Gasteiger partial charge < -0.3 is 5.32 Å². The van der Waals surface area contributed by atoms with E-state index in [9.17, 15) is 0 Å². The molecule has 1 unspecified atom stereocenters. The van der Waals surface area contributed by atoms with Gasteiger partial charge in [0.05, 0.1) is 11.3 Å². The van der Waals surface area contributed by atoms with Crippen molar-refractivity contribution in [3.05, 3.63) is 65.2 Å². The van der Waals surface area contributed by atoms with Crippen LogP contribution in [-0.2, 0) is 6.42 Å². The highest BCUT2D eigenvalue weighted by Gasteiger charge is 2.06. The Kier molecular flexibility index (Phi) is 4.79. The van der Waals surface area contributed by atoms with E-state index in [2.05, 4.69) is 49.5 Å². The van der Waals surface area contributed by atoms with Crippen molar-refractivity contribution >= 4 is 5.69 Å². The largest absolute Gasteiger partial charge is 0.382 e. The average molecular weight is 264 g/mol. The van der Waals surface area contributed by atoms with Crippen molar-refractivity contribution in [2.24, 2.45) is 0 Å². The van der Waals surface area contributed by atoms with Crippen LogP contribution in [0.3, 0.4) is 0 Å². The Hall–Kier alpha value is -2.27. The quantitative estimate of drug-likeness (QED) is 0.874. The molecule has 20 heavy (non-hydrogen) atoms. The molecule has 0 aliphatic heterocycles. The molecule has 2 rings (SSSR count). The highest BCUT2D eigenvalue weighted by atomic mass is 14.9. The summed E-state index contributed by atoms with van der Waals surface area (Å²) in [5.74, 6) is 0. The van der Waals surface area contributed by atoms with Gasteiger partial charge in [0, 0.05) is 6.04 Å². The van der Waals surface area contributed by atoms with E-state index in [1.54, 1.807) is 0 Å². The first-order valence-corrected chi connectivity index (χ1v) is 7.00. The van der Waals surface area contributed by atoms with E-state index in [1.807, 2.05) is 24.3 Å². The molecule has 2 heteroatoms. The third-order valence-electron chi connectivity index (χ3n) is 3.40. The van der Waals surface area contributed by atoms with Crippen molar-refractivity contribution in [2.75, 3.05) is 5.32 Å². The molecule has 2 nitrogen and oxygen atoms in total. The zero-order valence-electron chi connectivity index (χ0n) is 12.1. The highest BCUT2D eigenvalue weighted by Crippen LogP contribution is 2.16. The Morgan fingerprint density at radius 1 is 1.15 bits per heavy atom. The second kappa shape index (κ2) is 6.77. The fraction of sp³-hybridized carbons (Fsp3) is 0.278. The normalized spacial score (nSPS) is 11.7. The maximum Gasteiger partial charge on any atom is 0.101 e. The second-order valence-electron chi connectivity index (χ2n) is 5.23. The second-order valence-corrected chi connectivity index (χ2v) is 5.23. The molecule has 0 aliphatic rings. The number of benzene rings is 2. The van der Waals surface area contributed by atoms with Crippen LogP contribution in [0.2, 0.25) is 0 Å². The van der Waals surface area contributed by atoms with Crippen LogP contribution in [0.4, 0.5) is 5.69 Å². The predicted octanol–water partition coefficient (Wildman–Crippen LogP) is 4.30. The first-order chi connectivity index (χ1) is 9.69. The number of para-hydroxylation sites is 1. The van der Waals surface area contributed by atoms with Crippen molar-refractivity contribution in [3.8, 4) is 6.07 Å². The van der Waals surface area contributed by atoms with Crippen LogP contribution in [0, 0.1) is 18.3 Å². The Labute approximate surface area is 121 Å². The first kappa shape index (κ1) is 14.1. The standard InChI is InChI=1S/C18H20N2/c1-14-6-5-7-16(12-14)11-10-15(2)20-18-9-4-3-8-17(18)13-19/h3-9,12,15,20H,10-11H2,1-2H3. The number of anilines is 1. The topological polar surface area (TPSA) is 35.8 Å². The molecular weight excluding hydrogens is 244 g/mol. The molecule has 0 bridgehead atoms. The fourth-order valence-corrected chi connectivity index (χ4v) is 2.29. The van der Waals surface area contributed by atoms with Gasteiger partial charge in [-0.15, -0.1) is 0 Å². The minimum absolute atomic E-state index is 0.338. The number of nitriles is 1. The maximum atomic E-state index is 9.08. The number of hydrogen-bond donors (Lipinski definition) is 1. The summed E-state index contributed by atoms with van der Waals surface area (Å²) < 4.78 is 0. The number of nitrogens with zero attached hydrogens (tertiary/aromatic N) is 1. The number of aryl methyl sites for hydroxylation is 2. The van der Waals surface area contributed by atoms with Gasteiger partial charge in [-0.1, -0.05) is 42.0 Å². The van der Waals surface area contributed by atoms with Gasteiger partial charge in [-0.05, 0) is 44.4 Å². The molecule has 102 valence electrons. The summed E-state index contributed by atoms with van der Waals surface area (Å²) in [6.07, 6.45) is 2.09. The lowest BCUT2D eigenvalue weighted by atomic mass is 10.0. The summed E-state index contributed by atoms with van der Waals surface area (Å²) in [5, 5.41) is 12.5. The smallest absolute Gasteiger partial charge is 0.101 e. The van der Waals surface area contributed by atoms with Gasteiger partial charge in [-0.2, -0.15) is 5.26 Å². The van der Waals surface area contributed by atoms with Crippen molar-refractivity contribution in [3.63, 3.8) is 0 Å². The van der Waals surface area contributed by atoms with Gasteiger partial charge in [-0.25, -0.2) is 0 Å². The Balaban J connectivity index is 1.93. The molecule has 0 aliphatic carbocycles. The summed E-state index contributed by atoms with van der Waals surface area (Å²) in [5.41, 5.74) is 4.30. The minimum Gasteiger partial charge on any atom is -0.382 e. The Morgan fingerprint density at radius 2 is 1.95 bits per heavy atom. The summed E-state index contributed by atoms with van der Waals surface area (Å²) in [6, 6.07) is 18.8. The zero-order valence-corrected chi connectivity index (χ0v) is 12.1. The molecule has 1 N–H and O–H groups in total. The molecule has 2 aromatic rings. The van der Waals surface area contributed by atoms with Gasteiger partial charge in [0.2, 0.25) is 0 Å². The molecule has 1 atom stereocenters. The number of rotatable bonds is 5. The van der Waals surface area contributed by atoms with Gasteiger partial charge in [0.25, 0.3) is 0 Å². The fourth-order valence-electron chi connectivity index (χ4n) is 2.29. The van der Waals surface area contributed by atoms with E-state index < -0.39 is 0 Å². The summed E-state index contributed by atoms with van der Waals surface area (Å²) >= 11 is 0. The number of hydrogen-bond acceptors (Lipinski definition) is 2. The lowest BCUT2D eigenvalue weighted by Crippen LogP contribution is -2.16. The molecule has 0 saturated carbocycles. The van der Waals surface area contributed by atoms with Gasteiger partial charge in [0.1, 0.15) is 6.07 Å². The van der Waals surface area contributed by atoms with Crippen LogP contribution in [0.5, 0.6) is 0 Å². The highest BCUT2D eigenvalue weighted by molar-refractivity contribution is 5.57. The van der Waals surface area contributed by atoms with Crippen molar-refractivity contribution < 1.29 is 0 Å². The SMILES string of the molecule is Cc1cccc(CCC(C)Nc2ccccc2C#N)c1. The van der Waals surface area contributed by atoms with Crippen LogP contribution in [-0.4, -0.2) is 6.04 Å². The third-order valence-corrected chi connectivity index (χ3v) is 3.40.